The van der Waals surface area contributed by atoms with Gasteiger partial charge in [-0.3, -0.25) is 14.5 Å². The van der Waals surface area contributed by atoms with Crippen LogP contribution in [-0.4, -0.2) is 27.9 Å². The van der Waals surface area contributed by atoms with Gasteiger partial charge in [-0.1, -0.05) is 6.07 Å². The molecule has 3 aromatic rings. The topological polar surface area (TPSA) is 52.7 Å². The number of amides is 2. The van der Waals surface area contributed by atoms with E-state index >= 15 is 0 Å². The van der Waals surface area contributed by atoms with Crippen molar-refractivity contribution in [1.29, 1.82) is 0 Å². The number of benzene rings is 2. The summed E-state index contributed by atoms with van der Waals surface area (Å²) in [6, 6.07) is 13.8. The summed E-state index contributed by atoms with van der Waals surface area (Å²) in [7, 11) is 0. The number of carbonyl (C=O) groups excluding carboxylic acids is 2. The number of nitrogens with one attached hydrogen (secondary N) is 1. The molecule has 1 saturated heterocycles. The molecule has 1 atom stereocenters. The van der Waals surface area contributed by atoms with E-state index < -0.39 is 23.6 Å². The molecule has 1 aliphatic rings. The van der Waals surface area contributed by atoms with E-state index in [1.54, 1.807) is 4.90 Å². The molecule has 0 saturated carbocycles. The van der Waals surface area contributed by atoms with Gasteiger partial charge in [-0.2, -0.15) is 0 Å². The lowest BCUT2D eigenvalue weighted by molar-refractivity contribution is -0.124. The van der Waals surface area contributed by atoms with E-state index in [0.717, 1.165) is 4.88 Å². The van der Waals surface area contributed by atoms with Gasteiger partial charge in [0.2, 0.25) is 5.91 Å². The molecular weight excluding hydrogens is 440 g/mol. The minimum atomic E-state index is -0.819. The zero-order chi connectivity index (χ0) is 22.0. The van der Waals surface area contributed by atoms with E-state index in [1.807, 2.05) is 17.5 Å². The number of hydrogen-bond acceptors (Lipinski definition) is 4. The second-order valence-corrected chi connectivity index (χ2v) is 8.31. The normalized spacial score (nSPS) is 16.1. The maximum absolute atomic E-state index is 13.4. The zero-order valence-corrected chi connectivity index (χ0v) is 17.8. The molecule has 9 heteroatoms. The molecule has 0 aliphatic carbocycles. The van der Waals surface area contributed by atoms with Crippen LogP contribution in [0.15, 0.2) is 66.0 Å². The van der Waals surface area contributed by atoms with E-state index in [1.165, 1.54) is 64.8 Å². The highest BCUT2D eigenvalue weighted by Gasteiger charge is 2.44. The van der Waals surface area contributed by atoms with Gasteiger partial charge in [0.05, 0.1) is 18.7 Å². The van der Waals surface area contributed by atoms with Gasteiger partial charge < -0.3 is 10.2 Å². The summed E-state index contributed by atoms with van der Waals surface area (Å²) in [5.41, 5.74) is 0.869. The molecule has 5 nitrogen and oxygen atoms in total. The van der Waals surface area contributed by atoms with Crippen molar-refractivity contribution in [1.82, 2.24) is 4.90 Å². The molecule has 4 rings (SSSR count). The summed E-state index contributed by atoms with van der Waals surface area (Å²) in [6.45, 7) is 0.369. The van der Waals surface area contributed by atoms with Crippen molar-refractivity contribution < 1.29 is 18.4 Å². The van der Waals surface area contributed by atoms with Crippen molar-refractivity contribution >= 4 is 51.9 Å². The van der Waals surface area contributed by atoms with Crippen LogP contribution in [-0.2, 0) is 16.1 Å². The minimum absolute atomic E-state index is 0.139. The minimum Gasteiger partial charge on any atom is -0.331 e. The van der Waals surface area contributed by atoms with Crippen LogP contribution in [0.3, 0.4) is 0 Å². The second kappa shape index (κ2) is 8.91. The summed E-state index contributed by atoms with van der Waals surface area (Å²) < 4.78 is 26.5. The van der Waals surface area contributed by atoms with Gasteiger partial charge in [0.25, 0.3) is 5.91 Å². The van der Waals surface area contributed by atoms with Crippen LogP contribution in [0, 0.1) is 11.6 Å². The van der Waals surface area contributed by atoms with Gasteiger partial charge in [0.15, 0.2) is 5.11 Å². The predicted octanol–water partition coefficient (Wildman–Crippen LogP) is 4.56. The van der Waals surface area contributed by atoms with Gasteiger partial charge >= 0.3 is 0 Å². The van der Waals surface area contributed by atoms with E-state index in [0.29, 0.717) is 17.9 Å². The van der Waals surface area contributed by atoms with Crippen LogP contribution >= 0.6 is 23.6 Å². The second-order valence-electron chi connectivity index (χ2n) is 6.91. The molecule has 0 radical (unpaired) electrons. The highest BCUT2D eigenvalue weighted by atomic mass is 32.1. The van der Waals surface area contributed by atoms with Crippen molar-refractivity contribution in [3.05, 3.63) is 82.6 Å². The van der Waals surface area contributed by atoms with E-state index in [2.05, 4.69) is 5.32 Å². The Hall–Kier alpha value is -3.17. The fourth-order valence-corrected chi connectivity index (χ4v) is 4.42. The van der Waals surface area contributed by atoms with Gasteiger partial charge in [-0.05, 0) is 72.2 Å². The maximum atomic E-state index is 13.4. The summed E-state index contributed by atoms with van der Waals surface area (Å²) in [6.07, 6.45) is -0.139. The number of anilines is 2. The fraction of sp³-hybridized carbons (Fsp3) is 0.136. The summed E-state index contributed by atoms with van der Waals surface area (Å²) in [5, 5.41) is 4.85. The number of thiophene rings is 1. The first kappa shape index (κ1) is 21.1. The Labute approximate surface area is 186 Å². The quantitative estimate of drug-likeness (QED) is 0.552. The van der Waals surface area contributed by atoms with Gasteiger partial charge in [0.1, 0.15) is 17.7 Å². The first-order chi connectivity index (χ1) is 14.9. The van der Waals surface area contributed by atoms with Gasteiger partial charge in [-0.15, -0.1) is 11.3 Å². The summed E-state index contributed by atoms with van der Waals surface area (Å²) in [4.78, 5) is 29.9. The lowest BCUT2D eigenvalue weighted by atomic mass is 10.1. The summed E-state index contributed by atoms with van der Waals surface area (Å²) >= 11 is 7.09. The molecule has 1 aromatic heterocycles. The third-order valence-corrected chi connectivity index (χ3v) is 6.09. The number of hydrogen-bond donors (Lipinski definition) is 1. The van der Waals surface area contributed by atoms with Crippen molar-refractivity contribution in [2.75, 3.05) is 10.2 Å². The van der Waals surface area contributed by atoms with Gasteiger partial charge in [-0.25, -0.2) is 8.78 Å². The average Bonchev–Trinajstić information content (AvgIpc) is 3.33. The molecule has 2 heterocycles. The molecule has 0 bridgehead atoms. The monoisotopic (exact) mass is 457 g/mol. The number of carbonyl (C=O) groups is 2. The van der Waals surface area contributed by atoms with Crippen LogP contribution in [0.4, 0.5) is 20.2 Å². The third kappa shape index (κ3) is 4.62. The molecule has 2 aromatic carbocycles. The number of thiocarbonyl (C=S) groups is 1. The van der Waals surface area contributed by atoms with Gasteiger partial charge in [0, 0.05) is 10.6 Å². The first-order valence-electron chi connectivity index (χ1n) is 9.40. The molecule has 31 heavy (non-hydrogen) atoms. The lowest BCUT2D eigenvalue weighted by Crippen LogP contribution is -2.37. The van der Waals surface area contributed by atoms with Crippen molar-refractivity contribution in [2.45, 2.75) is 19.0 Å². The zero-order valence-electron chi connectivity index (χ0n) is 16.1. The number of halogens is 2. The van der Waals surface area contributed by atoms with Crippen LogP contribution in [0.1, 0.15) is 11.3 Å². The highest BCUT2D eigenvalue weighted by Crippen LogP contribution is 2.29. The summed E-state index contributed by atoms with van der Waals surface area (Å²) in [5.74, 6) is -1.59. The lowest BCUT2D eigenvalue weighted by Gasteiger charge is -2.23. The van der Waals surface area contributed by atoms with E-state index in [4.69, 9.17) is 12.2 Å². The Kier molecular flexibility index (Phi) is 6.06. The van der Waals surface area contributed by atoms with Crippen molar-refractivity contribution in [2.24, 2.45) is 0 Å². The van der Waals surface area contributed by atoms with Crippen LogP contribution in [0.5, 0.6) is 0 Å². The van der Waals surface area contributed by atoms with Crippen LogP contribution in [0.2, 0.25) is 0 Å². The molecule has 1 N–H and O–H groups in total. The smallest absolute Gasteiger partial charge is 0.256 e. The number of nitrogens with zero attached hydrogens (tertiary/aromatic N) is 2. The average molecular weight is 458 g/mol. The van der Waals surface area contributed by atoms with E-state index in [-0.39, 0.29) is 17.4 Å². The molecule has 0 spiro atoms. The Morgan fingerprint density at radius 3 is 2.29 bits per heavy atom. The Bertz CT molecular complexity index is 1100. The molecular formula is C22H17F2N3O2S2. The molecule has 2 amide bonds. The third-order valence-electron chi connectivity index (χ3n) is 4.82. The fourth-order valence-electron chi connectivity index (χ4n) is 3.33. The SMILES string of the molecule is O=C(C[C@@H]1C(=O)N(c2ccc(F)cc2)C(=S)N1Cc1cccs1)Nc1ccc(F)cc1. The standard InChI is InChI=1S/C22H17F2N3O2S2/c23-14-3-7-16(8-4-14)25-20(28)12-19-21(29)27(17-9-5-15(24)6-10-17)22(30)26(19)13-18-2-1-11-31-18/h1-11,19H,12-13H2,(H,25,28)/t19-/m1/s1. The van der Waals surface area contributed by atoms with Crippen molar-refractivity contribution in [3.63, 3.8) is 0 Å². The van der Waals surface area contributed by atoms with Crippen LogP contribution < -0.4 is 10.2 Å². The first-order valence-corrected chi connectivity index (χ1v) is 10.7. The Morgan fingerprint density at radius 1 is 1.03 bits per heavy atom. The Balaban J connectivity index is 1.58. The Morgan fingerprint density at radius 2 is 1.68 bits per heavy atom. The molecule has 1 fully saturated rings. The largest absolute Gasteiger partial charge is 0.331 e. The highest BCUT2D eigenvalue weighted by molar-refractivity contribution is 7.80. The van der Waals surface area contributed by atoms with E-state index in [9.17, 15) is 18.4 Å². The molecule has 158 valence electrons. The van der Waals surface area contributed by atoms with Crippen LogP contribution in [0.25, 0.3) is 0 Å². The predicted molar refractivity (Wildman–Crippen MR) is 120 cm³/mol. The van der Waals surface area contributed by atoms with Crippen molar-refractivity contribution in [3.8, 4) is 0 Å². The maximum Gasteiger partial charge on any atom is 0.256 e. The molecule has 1 aliphatic heterocycles. The molecule has 0 unspecified atom stereocenters. The number of rotatable bonds is 6.